The molecule has 0 spiro atoms. The van der Waals surface area contributed by atoms with Crippen molar-refractivity contribution in [3.8, 4) is 0 Å². The summed E-state index contributed by atoms with van der Waals surface area (Å²) in [5, 5.41) is 4.02. The van der Waals surface area contributed by atoms with E-state index in [0.29, 0.717) is 18.7 Å². The van der Waals surface area contributed by atoms with Crippen molar-refractivity contribution in [1.82, 2.24) is 20.1 Å². The maximum atomic E-state index is 13.0. The lowest BCUT2D eigenvalue weighted by Crippen LogP contribution is -2.53. The highest BCUT2D eigenvalue weighted by molar-refractivity contribution is 5.97. The monoisotopic (exact) mass is 458 g/mol. The Labute approximate surface area is 202 Å². The van der Waals surface area contributed by atoms with Crippen molar-refractivity contribution < 1.29 is 9.59 Å². The lowest BCUT2D eigenvalue weighted by Gasteiger charge is -2.36. The number of para-hydroxylation sites is 1. The summed E-state index contributed by atoms with van der Waals surface area (Å²) in [5.74, 6) is -0.255. The van der Waals surface area contributed by atoms with Crippen molar-refractivity contribution in [3.05, 3.63) is 77.5 Å². The number of carbonyl (C=O) groups is 2. The summed E-state index contributed by atoms with van der Waals surface area (Å²) in [6.07, 6.45) is 1.83. The van der Waals surface area contributed by atoms with Gasteiger partial charge in [-0.15, -0.1) is 0 Å². The normalized spacial score (nSPS) is 15.8. The van der Waals surface area contributed by atoms with E-state index >= 15 is 0 Å². The van der Waals surface area contributed by atoms with Crippen LogP contribution >= 0.6 is 0 Å². The number of nitrogens with zero attached hydrogens (tertiary/aromatic N) is 3. The molecule has 2 amide bonds. The fraction of sp³-hybridized carbons (Fsp3) is 0.393. The van der Waals surface area contributed by atoms with E-state index in [0.717, 1.165) is 30.5 Å². The molecule has 1 aliphatic rings. The largest absolute Gasteiger partial charge is 0.341 e. The maximum Gasteiger partial charge on any atom is 0.251 e. The molecule has 2 aromatic carbocycles. The zero-order chi connectivity index (χ0) is 24.3. The topological polar surface area (TPSA) is 65.5 Å². The highest BCUT2D eigenvalue weighted by Gasteiger charge is 2.26. The first kappa shape index (κ1) is 23.9. The van der Waals surface area contributed by atoms with E-state index in [1.165, 1.54) is 11.1 Å². The average Bonchev–Trinajstić information content (AvgIpc) is 2.84. The fourth-order valence-corrected chi connectivity index (χ4v) is 4.40. The Balaban J connectivity index is 1.30. The SMILES string of the molecule is CC(NC(=O)c1ccc(C(C)(C)C)cc1)C(=O)N1CCN(Cc2cccc3cccnc23)CC1. The molecule has 0 radical (unpaired) electrons. The third kappa shape index (κ3) is 5.45. The van der Waals surface area contributed by atoms with Gasteiger partial charge in [0.2, 0.25) is 5.91 Å². The van der Waals surface area contributed by atoms with Gasteiger partial charge in [-0.2, -0.15) is 0 Å². The number of piperazine rings is 1. The van der Waals surface area contributed by atoms with Gasteiger partial charge in [0.05, 0.1) is 5.52 Å². The minimum absolute atomic E-state index is 0.0323. The summed E-state index contributed by atoms with van der Waals surface area (Å²) in [6.45, 7) is 11.9. The first-order valence-electron chi connectivity index (χ1n) is 12.0. The van der Waals surface area contributed by atoms with E-state index in [-0.39, 0.29) is 17.2 Å². The first-order chi connectivity index (χ1) is 16.2. The highest BCUT2D eigenvalue weighted by Crippen LogP contribution is 2.22. The van der Waals surface area contributed by atoms with Crippen molar-refractivity contribution in [2.45, 2.75) is 45.7 Å². The van der Waals surface area contributed by atoms with Crippen LogP contribution in [-0.4, -0.2) is 58.8 Å². The lowest BCUT2D eigenvalue weighted by atomic mass is 9.86. The molecule has 0 bridgehead atoms. The van der Waals surface area contributed by atoms with Gasteiger partial charge < -0.3 is 10.2 Å². The fourth-order valence-electron chi connectivity index (χ4n) is 4.40. The Hall–Kier alpha value is -3.25. The summed E-state index contributed by atoms with van der Waals surface area (Å²) in [5.41, 5.74) is 4.02. The predicted molar refractivity (Wildman–Crippen MR) is 136 cm³/mol. The first-order valence-corrected chi connectivity index (χ1v) is 12.0. The van der Waals surface area contributed by atoms with Gasteiger partial charge in [0.1, 0.15) is 6.04 Å². The summed E-state index contributed by atoms with van der Waals surface area (Å²) < 4.78 is 0. The third-order valence-corrected chi connectivity index (χ3v) is 6.53. The quantitative estimate of drug-likeness (QED) is 0.628. The summed E-state index contributed by atoms with van der Waals surface area (Å²) in [4.78, 5) is 34.4. The summed E-state index contributed by atoms with van der Waals surface area (Å²) in [7, 11) is 0. The Morgan fingerprint density at radius 1 is 0.971 bits per heavy atom. The second-order valence-corrected chi connectivity index (χ2v) is 10.1. The molecule has 4 rings (SSSR count). The number of amides is 2. The Kier molecular flexibility index (Phi) is 6.98. The van der Waals surface area contributed by atoms with Crippen molar-refractivity contribution in [3.63, 3.8) is 0 Å². The summed E-state index contributed by atoms with van der Waals surface area (Å²) >= 11 is 0. The average molecular weight is 459 g/mol. The van der Waals surface area contributed by atoms with Gasteiger partial charge in [0.15, 0.2) is 0 Å². The van der Waals surface area contributed by atoms with Crippen LogP contribution < -0.4 is 5.32 Å². The van der Waals surface area contributed by atoms with Gasteiger partial charge in [0.25, 0.3) is 5.91 Å². The zero-order valence-corrected chi connectivity index (χ0v) is 20.5. The number of pyridine rings is 1. The van der Waals surface area contributed by atoms with Crippen LogP contribution in [0.2, 0.25) is 0 Å². The zero-order valence-electron chi connectivity index (χ0n) is 20.5. The van der Waals surface area contributed by atoms with Crippen LogP contribution in [0.3, 0.4) is 0 Å². The third-order valence-electron chi connectivity index (χ3n) is 6.53. The van der Waals surface area contributed by atoms with Crippen molar-refractivity contribution in [2.75, 3.05) is 26.2 Å². The Morgan fingerprint density at radius 2 is 1.65 bits per heavy atom. The second-order valence-electron chi connectivity index (χ2n) is 10.1. The van der Waals surface area contributed by atoms with Crippen LogP contribution in [0.15, 0.2) is 60.8 Å². The number of hydrogen-bond acceptors (Lipinski definition) is 4. The molecule has 0 saturated carbocycles. The van der Waals surface area contributed by atoms with Crippen LogP contribution in [0.4, 0.5) is 0 Å². The van der Waals surface area contributed by atoms with E-state index < -0.39 is 6.04 Å². The molecule has 2 heterocycles. The molecule has 1 atom stereocenters. The molecule has 0 aliphatic carbocycles. The number of fused-ring (bicyclic) bond motifs is 1. The van der Waals surface area contributed by atoms with E-state index in [1.807, 2.05) is 41.4 Å². The Bertz CT molecular complexity index is 1150. The minimum Gasteiger partial charge on any atom is -0.341 e. The van der Waals surface area contributed by atoms with Crippen molar-refractivity contribution >= 4 is 22.7 Å². The maximum absolute atomic E-state index is 13.0. The molecule has 3 aromatic rings. The second kappa shape index (κ2) is 9.94. The van der Waals surface area contributed by atoms with E-state index in [1.54, 1.807) is 6.92 Å². The number of aromatic nitrogens is 1. The van der Waals surface area contributed by atoms with Gasteiger partial charge in [-0.3, -0.25) is 19.5 Å². The molecule has 178 valence electrons. The van der Waals surface area contributed by atoms with Gasteiger partial charge in [-0.25, -0.2) is 0 Å². The van der Waals surface area contributed by atoms with Gasteiger partial charge in [0, 0.05) is 49.9 Å². The predicted octanol–water partition coefficient (Wildman–Crippen LogP) is 4.00. The molecule has 6 heteroatoms. The molecule has 1 aliphatic heterocycles. The molecule has 1 fully saturated rings. The number of benzene rings is 2. The van der Waals surface area contributed by atoms with E-state index in [4.69, 9.17) is 0 Å². The minimum atomic E-state index is -0.566. The van der Waals surface area contributed by atoms with Gasteiger partial charge in [-0.05, 0) is 41.7 Å². The lowest BCUT2D eigenvalue weighted by molar-refractivity contribution is -0.134. The standard InChI is InChI=1S/C28H34N4O2/c1-20(30-26(33)22-10-12-24(13-11-22)28(2,3)4)27(34)32-17-15-31(16-18-32)19-23-8-5-7-21-9-6-14-29-25(21)23/h5-14,20H,15-19H2,1-4H3,(H,30,33). The van der Waals surface area contributed by atoms with Crippen molar-refractivity contribution in [1.29, 1.82) is 0 Å². The molecule has 34 heavy (non-hydrogen) atoms. The van der Waals surface area contributed by atoms with Crippen molar-refractivity contribution in [2.24, 2.45) is 0 Å². The van der Waals surface area contributed by atoms with Gasteiger partial charge in [-0.1, -0.05) is 57.2 Å². The Morgan fingerprint density at radius 3 is 2.32 bits per heavy atom. The smallest absolute Gasteiger partial charge is 0.251 e. The molecular formula is C28H34N4O2. The number of hydrogen-bond donors (Lipinski definition) is 1. The molecule has 1 N–H and O–H groups in total. The van der Waals surface area contributed by atoms with Crippen LogP contribution in [0.25, 0.3) is 10.9 Å². The molecule has 6 nitrogen and oxygen atoms in total. The number of nitrogens with one attached hydrogen (secondary N) is 1. The van der Waals surface area contributed by atoms with Crippen LogP contribution in [0.5, 0.6) is 0 Å². The number of carbonyl (C=O) groups excluding carboxylic acids is 2. The number of rotatable bonds is 5. The van der Waals surface area contributed by atoms with Gasteiger partial charge >= 0.3 is 0 Å². The molecular weight excluding hydrogens is 424 g/mol. The van der Waals surface area contributed by atoms with Crippen LogP contribution in [0.1, 0.15) is 49.2 Å². The van der Waals surface area contributed by atoms with Crippen LogP contribution in [0, 0.1) is 0 Å². The molecule has 1 aromatic heterocycles. The molecule has 1 saturated heterocycles. The highest BCUT2D eigenvalue weighted by atomic mass is 16.2. The molecule has 1 unspecified atom stereocenters. The van der Waals surface area contributed by atoms with E-state index in [2.05, 4.69) is 60.2 Å². The van der Waals surface area contributed by atoms with E-state index in [9.17, 15) is 9.59 Å². The summed E-state index contributed by atoms with van der Waals surface area (Å²) in [6, 6.07) is 17.4. The van der Waals surface area contributed by atoms with Crippen LogP contribution in [-0.2, 0) is 16.8 Å².